The monoisotopic (exact) mass is 398 g/mol. The maximum absolute atomic E-state index is 12.8. The molecule has 2 aromatic heterocycles. The van der Waals surface area contributed by atoms with Gasteiger partial charge < -0.3 is 20.8 Å². The van der Waals surface area contributed by atoms with E-state index in [1.165, 1.54) is 11.6 Å². The Bertz CT molecular complexity index is 972. The molecule has 0 atom stereocenters. The summed E-state index contributed by atoms with van der Waals surface area (Å²) < 4.78 is 45.2. The number of nitrogens with two attached hydrogens (primary N) is 2. The van der Waals surface area contributed by atoms with Crippen LogP contribution in [-0.4, -0.2) is 19.5 Å². The van der Waals surface area contributed by atoms with Gasteiger partial charge in [-0.2, -0.15) is 23.1 Å². The topological polar surface area (TPSA) is 105 Å². The van der Waals surface area contributed by atoms with Crippen molar-refractivity contribution in [2.75, 3.05) is 11.5 Å². The first-order valence-electron chi connectivity index (χ1n) is 7.56. The molecule has 1 aromatic carbocycles. The largest absolute Gasteiger partial charge is 0.471 e. The predicted octanol–water partition coefficient (Wildman–Crippen LogP) is 3.29. The predicted molar refractivity (Wildman–Crippen MR) is 93.8 cm³/mol. The molecule has 2 heterocycles. The molecule has 0 spiro atoms. The average molecular weight is 399 g/mol. The number of aryl methyl sites for hydroxylation is 1. The molecule has 0 saturated carbocycles. The molecule has 142 valence electrons. The molecular weight excluding hydrogens is 385 g/mol. The third-order valence-corrected chi connectivity index (χ3v) is 3.84. The molecule has 0 saturated heterocycles. The highest BCUT2D eigenvalue weighted by Crippen LogP contribution is 2.31. The second-order valence-corrected chi connectivity index (χ2v) is 5.98. The molecule has 0 unspecified atom stereocenters. The molecule has 27 heavy (non-hydrogen) atoms. The van der Waals surface area contributed by atoms with Crippen LogP contribution >= 0.6 is 11.6 Å². The zero-order valence-electron chi connectivity index (χ0n) is 14.0. The standard InChI is InChI=1S/C16H14ClF3N6O/c1-26-6-10(16(18,19)20)23-13(26)9-4-2-8(3-5-9)7-27-14-11(21)12(22)24-15(17)25-14/h2-6H,7,21H2,1H3,(H2,22,24,25). The van der Waals surface area contributed by atoms with Crippen LogP contribution in [0.15, 0.2) is 30.5 Å². The van der Waals surface area contributed by atoms with Gasteiger partial charge >= 0.3 is 6.18 Å². The lowest BCUT2D eigenvalue weighted by molar-refractivity contribution is -0.140. The fourth-order valence-corrected chi connectivity index (χ4v) is 2.49. The number of aromatic nitrogens is 4. The van der Waals surface area contributed by atoms with Crippen molar-refractivity contribution in [1.29, 1.82) is 0 Å². The van der Waals surface area contributed by atoms with E-state index in [1.807, 2.05) is 0 Å². The molecule has 3 rings (SSSR count). The number of imidazole rings is 1. The third-order valence-electron chi connectivity index (χ3n) is 3.67. The van der Waals surface area contributed by atoms with Crippen molar-refractivity contribution < 1.29 is 17.9 Å². The van der Waals surface area contributed by atoms with Crippen LogP contribution in [0.2, 0.25) is 5.28 Å². The molecule has 11 heteroatoms. The van der Waals surface area contributed by atoms with Gasteiger partial charge in [0, 0.05) is 18.8 Å². The van der Waals surface area contributed by atoms with Crippen molar-refractivity contribution >= 4 is 23.1 Å². The fraction of sp³-hybridized carbons (Fsp3) is 0.188. The number of ether oxygens (including phenoxy) is 1. The number of hydrogen-bond donors (Lipinski definition) is 2. The molecule has 3 aromatic rings. The van der Waals surface area contributed by atoms with Crippen LogP contribution in [0.25, 0.3) is 11.4 Å². The molecular formula is C16H14ClF3N6O. The second-order valence-electron chi connectivity index (χ2n) is 5.64. The average Bonchev–Trinajstić information content (AvgIpc) is 2.99. The minimum absolute atomic E-state index is 0.00981. The van der Waals surface area contributed by atoms with Crippen LogP contribution in [-0.2, 0) is 19.8 Å². The van der Waals surface area contributed by atoms with Crippen molar-refractivity contribution in [3.8, 4) is 17.3 Å². The Kier molecular flexibility index (Phi) is 4.83. The maximum atomic E-state index is 12.8. The summed E-state index contributed by atoms with van der Waals surface area (Å²) in [5.74, 6) is 0.264. The summed E-state index contributed by atoms with van der Waals surface area (Å²) in [4.78, 5) is 11.2. The number of hydrogen-bond acceptors (Lipinski definition) is 6. The normalized spacial score (nSPS) is 11.6. The quantitative estimate of drug-likeness (QED) is 0.653. The van der Waals surface area contributed by atoms with Crippen LogP contribution < -0.4 is 16.2 Å². The number of nitrogen functional groups attached to an aromatic ring is 2. The van der Waals surface area contributed by atoms with Crippen molar-refractivity contribution in [3.63, 3.8) is 0 Å². The van der Waals surface area contributed by atoms with Gasteiger partial charge in [0.05, 0.1) is 0 Å². The van der Waals surface area contributed by atoms with Gasteiger partial charge in [-0.05, 0) is 17.2 Å². The Balaban J connectivity index is 1.76. The van der Waals surface area contributed by atoms with Crippen molar-refractivity contribution in [2.45, 2.75) is 12.8 Å². The van der Waals surface area contributed by atoms with E-state index in [1.54, 1.807) is 24.3 Å². The first-order valence-corrected chi connectivity index (χ1v) is 7.94. The van der Waals surface area contributed by atoms with E-state index in [9.17, 15) is 13.2 Å². The summed E-state index contributed by atoms with van der Waals surface area (Å²) in [6, 6.07) is 6.68. The summed E-state index contributed by atoms with van der Waals surface area (Å²) in [5.41, 5.74) is 11.7. The summed E-state index contributed by atoms with van der Waals surface area (Å²) in [6.07, 6.45) is -3.55. The van der Waals surface area contributed by atoms with E-state index < -0.39 is 11.9 Å². The third kappa shape index (κ3) is 4.05. The van der Waals surface area contributed by atoms with Crippen LogP contribution in [0.4, 0.5) is 24.7 Å². The van der Waals surface area contributed by atoms with E-state index in [4.69, 9.17) is 27.8 Å². The Morgan fingerprint density at radius 1 is 1.11 bits per heavy atom. The number of halogens is 4. The molecule has 7 nitrogen and oxygen atoms in total. The highest BCUT2D eigenvalue weighted by molar-refractivity contribution is 6.28. The molecule has 0 amide bonds. The molecule has 0 fully saturated rings. The lowest BCUT2D eigenvalue weighted by Gasteiger charge is -2.10. The maximum Gasteiger partial charge on any atom is 0.434 e. The number of rotatable bonds is 4. The van der Waals surface area contributed by atoms with Gasteiger partial charge in [0.25, 0.3) is 0 Å². The minimum atomic E-state index is -4.50. The first-order chi connectivity index (χ1) is 12.6. The molecule has 0 radical (unpaired) electrons. The summed E-state index contributed by atoms with van der Waals surface area (Å²) in [5, 5.41) is -0.0951. The van der Waals surface area contributed by atoms with Gasteiger partial charge in [-0.3, -0.25) is 0 Å². The Morgan fingerprint density at radius 3 is 2.37 bits per heavy atom. The van der Waals surface area contributed by atoms with E-state index >= 15 is 0 Å². The summed E-state index contributed by atoms with van der Waals surface area (Å²) >= 11 is 5.71. The molecule has 4 N–H and O–H groups in total. The first kappa shape index (κ1) is 18.8. The number of nitrogens with zero attached hydrogens (tertiary/aromatic N) is 4. The van der Waals surface area contributed by atoms with Crippen LogP contribution in [0.3, 0.4) is 0 Å². The van der Waals surface area contributed by atoms with Crippen LogP contribution in [0, 0.1) is 0 Å². The zero-order valence-corrected chi connectivity index (χ0v) is 14.7. The van der Waals surface area contributed by atoms with Gasteiger partial charge in [0.2, 0.25) is 11.2 Å². The van der Waals surface area contributed by atoms with Crippen LogP contribution in [0.1, 0.15) is 11.3 Å². The smallest absolute Gasteiger partial charge is 0.434 e. The van der Waals surface area contributed by atoms with E-state index in [2.05, 4.69) is 15.0 Å². The van der Waals surface area contributed by atoms with Crippen molar-refractivity contribution in [2.24, 2.45) is 7.05 Å². The second kappa shape index (κ2) is 6.95. The van der Waals surface area contributed by atoms with Crippen molar-refractivity contribution in [3.05, 3.63) is 47.0 Å². The minimum Gasteiger partial charge on any atom is -0.471 e. The molecule has 0 aliphatic carbocycles. The summed E-state index contributed by atoms with van der Waals surface area (Å²) in [6.45, 7) is 0.103. The Labute approximate surface area is 156 Å². The van der Waals surface area contributed by atoms with Gasteiger partial charge in [-0.25, -0.2) is 4.98 Å². The highest BCUT2D eigenvalue weighted by Gasteiger charge is 2.34. The fourth-order valence-electron chi connectivity index (χ4n) is 2.32. The number of benzene rings is 1. The molecule has 0 aliphatic rings. The SMILES string of the molecule is Cn1cc(C(F)(F)F)nc1-c1ccc(COc2nc(Cl)nc(N)c2N)cc1. The Hall–Kier alpha value is -3.01. The Morgan fingerprint density at radius 2 is 1.78 bits per heavy atom. The summed E-state index contributed by atoms with van der Waals surface area (Å²) in [7, 11) is 1.50. The van der Waals surface area contributed by atoms with Crippen molar-refractivity contribution in [1.82, 2.24) is 19.5 Å². The van der Waals surface area contributed by atoms with Gasteiger partial charge in [-0.1, -0.05) is 24.3 Å². The van der Waals surface area contributed by atoms with E-state index in [0.29, 0.717) is 5.56 Å². The van der Waals surface area contributed by atoms with Gasteiger partial charge in [0.15, 0.2) is 11.5 Å². The highest BCUT2D eigenvalue weighted by atomic mass is 35.5. The number of alkyl halides is 3. The van der Waals surface area contributed by atoms with Gasteiger partial charge in [0.1, 0.15) is 18.1 Å². The van der Waals surface area contributed by atoms with E-state index in [0.717, 1.165) is 11.8 Å². The van der Waals surface area contributed by atoms with E-state index in [-0.39, 0.29) is 35.1 Å². The lowest BCUT2D eigenvalue weighted by Crippen LogP contribution is -2.06. The van der Waals surface area contributed by atoms with Crippen LogP contribution in [0.5, 0.6) is 5.88 Å². The van der Waals surface area contributed by atoms with Gasteiger partial charge in [-0.15, -0.1) is 0 Å². The zero-order chi connectivity index (χ0) is 19.8. The lowest BCUT2D eigenvalue weighted by atomic mass is 10.1. The molecule has 0 bridgehead atoms. The molecule has 0 aliphatic heterocycles. The number of anilines is 2.